The minimum absolute atomic E-state index is 0.0243. The number of amides is 2. The molecular weight excluding hydrogens is 388 g/mol. The summed E-state index contributed by atoms with van der Waals surface area (Å²) in [5.74, 6) is 0.924. The largest absolute Gasteiger partial charge is 0.421 e. The summed E-state index contributed by atoms with van der Waals surface area (Å²) >= 11 is 1.56. The smallest absolute Gasteiger partial charge is 0.253 e. The van der Waals surface area contributed by atoms with Gasteiger partial charge in [0.1, 0.15) is 0 Å². The molecule has 0 saturated carbocycles. The molecule has 3 aromatic rings. The number of aryl methyl sites for hydroxylation is 1. The highest BCUT2D eigenvalue weighted by molar-refractivity contribution is 7.08. The van der Waals surface area contributed by atoms with Gasteiger partial charge in [0.2, 0.25) is 17.7 Å². The molecule has 1 aromatic carbocycles. The Bertz CT molecular complexity index is 949. The number of hydrogen-bond donors (Lipinski definition) is 0. The second kappa shape index (κ2) is 9.47. The number of rotatable bonds is 8. The quantitative estimate of drug-likeness (QED) is 0.566. The van der Waals surface area contributed by atoms with Gasteiger partial charge in [-0.05, 0) is 36.1 Å². The van der Waals surface area contributed by atoms with E-state index in [9.17, 15) is 9.59 Å². The number of carbonyl (C=O) groups is 2. The monoisotopic (exact) mass is 412 g/mol. The maximum atomic E-state index is 12.6. The fourth-order valence-corrected chi connectivity index (χ4v) is 3.47. The van der Waals surface area contributed by atoms with Gasteiger partial charge in [-0.15, -0.1) is 10.2 Å². The van der Waals surface area contributed by atoms with E-state index in [4.69, 9.17) is 4.42 Å². The zero-order valence-electron chi connectivity index (χ0n) is 16.8. The molecule has 3 rings (SSSR count). The molecule has 0 N–H and O–H groups in total. The van der Waals surface area contributed by atoms with Crippen molar-refractivity contribution in [3.63, 3.8) is 0 Å². The van der Waals surface area contributed by atoms with Gasteiger partial charge >= 0.3 is 0 Å². The first-order valence-electron chi connectivity index (χ1n) is 9.41. The van der Waals surface area contributed by atoms with E-state index in [0.717, 1.165) is 11.1 Å². The standard InChI is InChI=1S/C21H24N4O3S/c1-4-25(13-15-5-7-16(8-6-15)21(27)24(2)3)19(26)10-9-18-22-23-20(28-18)17-11-12-29-14-17/h5-8,11-12,14H,4,9-10,13H2,1-3H3. The van der Waals surface area contributed by atoms with Crippen LogP contribution in [0, 0.1) is 0 Å². The van der Waals surface area contributed by atoms with E-state index in [1.807, 2.05) is 35.9 Å². The van der Waals surface area contributed by atoms with Gasteiger partial charge in [0.15, 0.2) is 0 Å². The van der Waals surface area contributed by atoms with Crippen LogP contribution in [0.2, 0.25) is 0 Å². The lowest BCUT2D eigenvalue weighted by Gasteiger charge is -2.21. The van der Waals surface area contributed by atoms with Crippen molar-refractivity contribution in [3.05, 3.63) is 58.1 Å². The van der Waals surface area contributed by atoms with Gasteiger partial charge in [-0.1, -0.05) is 12.1 Å². The van der Waals surface area contributed by atoms with E-state index >= 15 is 0 Å². The van der Waals surface area contributed by atoms with Crippen LogP contribution in [0.15, 0.2) is 45.5 Å². The van der Waals surface area contributed by atoms with Crippen LogP contribution in [-0.4, -0.2) is 52.5 Å². The highest BCUT2D eigenvalue weighted by Crippen LogP contribution is 2.21. The van der Waals surface area contributed by atoms with Gasteiger partial charge < -0.3 is 14.2 Å². The summed E-state index contributed by atoms with van der Waals surface area (Å²) in [5, 5.41) is 12.0. The van der Waals surface area contributed by atoms with Gasteiger partial charge in [-0.2, -0.15) is 11.3 Å². The summed E-state index contributed by atoms with van der Waals surface area (Å²) in [7, 11) is 3.45. The Balaban J connectivity index is 1.56. The lowest BCUT2D eigenvalue weighted by molar-refractivity contribution is -0.131. The topological polar surface area (TPSA) is 79.5 Å². The fourth-order valence-electron chi connectivity index (χ4n) is 2.84. The predicted octanol–water partition coefficient (Wildman–Crippen LogP) is 3.48. The number of hydrogen-bond acceptors (Lipinski definition) is 6. The van der Waals surface area contributed by atoms with Gasteiger partial charge in [-0.3, -0.25) is 9.59 Å². The molecule has 0 spiro atoms. The maximum absolute atomic E-state index is 12.6. The van der Waals surface area contributed by atoms with Crippen LogP contribution in [0.25, 0.3) is 11.5 Å². The van der Waals surface area contributed by atoms with Crippen LogP contribution in [0.3, 0.4) is 0 Å². The van der Waals surface area contributed by atoms with Crippen molar-refractivity contribution in [2.24, 2.45) is 0 Å². The van der Waals surface area contributed by atoms with Crippen molar-refractivity contribution >= 4 is 23.2 Å². The number of carbonyl (C=O) groups excluding carboxylic acids is 2. The summed E-state index contributed by atoms with van der Waals surface area (Å²) in [6, 6.07) is 9.28. The molecular formula is C21H24N4O3S. The van der Waals surface area contributed by atoms with Crippen molar-refractivity contribution < 1.29 is 14.0 Å². The van der Waals surface area contributed by atoms with E-state index in [1.165, 1.54) is 4.90 Å². The van der Waals surface area contributed by atoms with Crippen LogP contribution in [0.5, 0.6) is 0 Å². The number of aromatic nitrogens is 2. The predicted molar refractivity (Wildman–Crippen MR) is 111 cm³/mol. The maximum Gasteiger partial charge on any atom is 0.253 e. The molecule has 0 bridgehead atoms. The minimum atomic E-state index is -0.0404. The lowest BCUT2D eigenvalue weighted by Crippen LogP contribution is -2.30. The Morgan fingerprint density at radius 2 is 1.86 bits per heavy atom. The number of thiophene rings is 1. The first kappa shape index (κ1) is 20.7. The van der Waals surface area contributed by atoms with E-state index in [1.54, 1.807) is 42.5 Å². The third kappa shape index (κ3) is 5.29. The highest BCUT2D eigenvalue weighted by atomic mass is 32.1. The van der Waals surface area contributed by atoms with Gasteiger partial charge in [0, 0.05) is 56.5 Å². The first-order chi connectivity index (χ1) is 14.0. The Hall–Kier alpha value is -3.00. The second-order valence-electron chi connectivity index (χ2n) is 6.82. The third-order valence-corrected chi connectivity index (χ3v) is 5.19. The summed E-state index contributed by atoms with van der Waals surface area (Å²) in [6.45, 7) is 3.04. The fraction of sp³-hybridized carbons (Fsp3) is 0.333. The molecule has 0 aliphatic carbocycles. The molecule has 0 fully saturated rings. The zero-order chi connectivity index (χ0) is 20.8. The molecule has 2 heterocycles. The summed E-state index contributed by atoms with van der Waals surface area (Å²) in [4.78, 5) is 27.9. The molecule has 29 heavy (non-hydrogen) atoms. The van der Waals surface area contributed by atoms with Gasteiger partial charge in [0.25, 0.3) is 5.91 Å². The van der Waals surface area contributed by atoms with Crippen molar-refractivity contribution in [2.45, 2.75) is 26.3 Å². The Morgan fingerprint density at radius 1 is 1.10 bits per heavy atom. The first-order valence-corrected chi connectivity index (χ1v) is 10.4. The van der Waals surface area contributed by atoms with Crippen LogP contribution in [-0.2, 0) is 17.8 Å². The molecule has 0 aliphatic rings. The molecule has 8 heteroatoms. The summed E-state index contributed by atoms with van der Waals surface area (Å²) in [5.41, 5.74) is 2.51. The molecule has 2 aromatic heterocycles. The Labute approximate surface area is 174 Å². The van der Waals surface area contributed by atoms with E-state index in [-0.39, 0.29) is 11.8 Å². The van der Waals surface area contributed by atoms with Gasteiger partial charge in [0.05, 0.1) is 0 Å². The van der Waals surface area contributed by atoms with E-state index in [2.05, 4.69) is 10.2 Å². The summed E-state index contributed by atoms with van der Waals surface area (Å²) < 4.78 is 5.64. The van der Waals surface area contributed by atoms with Crippen molar-refractivity contribution in [2.75, 3.05) is 20.6 Å². The molecule has 0 radical (unpaired) electrons. The third-order valence-electron chi connectivity index (χ3n) is 4.50. The number of nitrogens with zero attached hydrogens (tertiary/aromatic N) is 4. The zero-order valence-corrected chi connectivity index (χ0v) is 17.6. The minimum Gasteiger partial charge on any atom is -0.421 e. The average molecular weight is 413 g/mol. The molecule has 0 atom stereocenters. The molecule has 7 nitrogen and oxygen atoms in total. The van der Waals surface area contributed by atoms with Gasteiger partial charge in [-0.25, -0.2) is 0 Å². The molecule has 0 aliphatic heterocycles. The highest BCUT2D eigenvalue weighted by Gasteiger charge is 2.16. The molecule has 0 saturated heterocycles. The van der Waals surface area contributed by atoms with Crippen LogP contribution < -0.4 is 0 Å². The molecule has 2 amide bonds. The van der Waals surface area contributed by atoms with E-state index in [0.29, 0.717) is 43.3 Å². The molecule has 0 unspecified atom stereocenters. The average Bonchev–Trinajstić information content (AvgIpc) is 3.41. The number of benzene rings is 1. The lowest BCUT2D eigenvalue weighted by atomic mass is 10.1. The Kier molecular flexibility index (Phi) is 6.77. The van der Waals surface area contributed by atoms with Crippen molar-refractivity contribution in [3.8, 4) is 11.5 Å². The normalized spacial score (nSPS) is 10.7. The van der Waals surface area contributed by atoms with Crippen LogP contribution >= 0.6 is 11.3 Å². The SMILES string of the molecule is CCN(Cc1ccc(C(=O)N(C)C)cc1)C(=O)CCc1nnc(-c2ccsc2)o1. The van der Waals surface area contributed by atoms with Crippen LogP contribution in [0.1, 0.15) is 35.2 Å². The van der Waals surface area contributed by atoms with E-state index < -0.39 is 0 Å². The Morgan fingerprint density at radius 3 is 2.48 bits per heavy atom. The second-order valence-corrected chi connectivity index (χ2v) is 7.60. The van der Waals surface area contributed by atoms with Crippen molar-refractivity contribution in [1.29, 1.82) is 0 Å². The summed E-state index contributed by atoms with van der Waals surface area (Å²) in [6.07, 6.45) is 0.707. The van der Waals surface area contributed by atoms with Crippen LogP contribution in [0.4, 0.5) is 0 Å². The van der Waals surface area contributed by atoms with Crippen molar-refractivity contribution in [1.82, 2.24) is 20.0 Å². The molecule has 152 valence electrons.